The quantitative estimate of drug-likeness (QED) is 0.882. The van der Waals surface area contributed by atoms with Crippen molar-refractivity contribution >= 4 is 32.7 Å². The van der Waals surface area contributed by atoms with Gasteiger partial charge in [-0.2, -0.15) is 0 Å². The van der Waals surface area contributed by atoms with Crippen molar-refractivity contribution in [1.82, 2.24) is 15.6 Å². The number of ether oxygens (including phenoxy) is 1. The average Bonchev–Trinajstić information content (AvgIpc) is 3.27. The standard InChI is InChI=1S/C16H18N4O2S/c1-17-9-2-3-10-14(9)20(15(21)18-10)16-19-13-8-6-7-22-11(8)4-5-12(13)23-16/h4-5,9-10,14,17H,2-3,6-7H2,1H3,(H,18,21)/t9-,10-,14+/m0/s1. The molecule has 5 rings (SSSR count). The van der Waals surface area contributed by atoms with E-state index in [-0.39, 0.29) is 18.1 Å². The number of nitrogens with one attached hydrogen (secondary N) is 2. The van der Waals surface area contributed by atoms with Crippen LogP contribution in [0.4, 0.5) is 9.93 Å². The first-order valence-electron chi connectivity index (χ1n) is 8.08. The molecular weight excluding hydrogens is 312 g/mol. The lowest BCUT2D eigenvalue weighted by Crippen LogP contribution is -2.46. The second kappa shape index (κ2) is 4.82. The van der Waals surface area contributed by atoms with Gasteiger partial charge in [0.1, 0.15) is 5.75 Å². The minimum Gasteiger partial charge on any atom is -0.493 e. The average molecular weight is 330 g/mol. The molecule has 0 bridgehead atoms. The summed E-state index contributed by atoms with van der Waals surface area (Å²) in [5.74, 6) is 0.937. The van der Waals surface area contributed by atoms with Crippen molar-refractivity contribution in [2.24, 2.45) is 0 Å². The van der Waals surface area contributed by atoms with Gasteiger partial charge in [-0.3, -0.25) is 4.90 Å². The van der Waals surface area contributed by atoms with Crippen molar-refractivity contribution in [3.63, 3.8) is 0 Å². The van der Waals surface area contributed by atoms with Crippen LogP contribution in [0.3, 0.4) is 0 Å². The highest BCUT2D eigenvalue weighted by atomic mass is 32.1. The van der Waals surface area contributed by atoms with Crippen LogP contribution in [0, 0.1) is 0 Å². The second-order valence-electron chi connectivity index (χ2n) is 6.37. The zero-order valence-corrected chi connectivity index (χ0v) is 13.7. The van der Waals surface area contributed by atoms with Crippen LogP contribution in [0.15, 0.2) is 12.1 Å². The first-order valence-corrected chi connectivity index (χ1v) is 8.90. The van der Waals surface area contributed by atoms with Gasteiger partial charge in [0.25, 0.3) is 0 Å². The Morgan fingerprint density at radius 2 is 2.35 bits per heavy atom. The summed E-state index contributed by atoms with van der Waals surface area (Å²) in [4.78, 5) is 19.2. The van der Waals surface area contributed by atoms with E-state index >= 15 is 0 Å². The Morgan fingerprint density at radius 1 is 1.43 bits per heavy atom. The van der Waals surface area contributed by atoms with Crippen LogP contribution in [-0.4, -0.2) is 42.8 Å². The minimum absolute atomic E-state index is 0.0214. The number of aromatic nitrogens is 1. The molecule has 7 heteroatoms. The molecular formula is C16H18N4O2S. The number of fused-ring (bicyclic) bond motifs is 4. The maximum atomic E-state index is 12.5. The normalized spacial score (nSPS) is 28.8. The Balaban J connectivity index is 1.61. The summed E-state index contributed by atoms with van der Waals surface area (Å²) in [5, 5.41) is 7.27. The lowest BCUT2D eigenvalue weighted by Gasteiger charge is -2.25. The number of benzene rings is 1. The predicted octanol–water partition coefficient (Wildman–Crippen LogP) is 1.88. The van der Waals surface area contributed by atoms with Crippen LogP contribution in [0.25, 0.3) is 10.2 Å². The van der Waals surface area contributed by atoms with E-state index in [1.54, 1.807) is 11.3 Å². The summed E-state index contributed by atoms with van der Waals surface area (Å²) < 4.78 is 6.75. The summed E-state index contributed by atoms with van der Waals surface area (Å²) in [6.45, 7) is 0.720. The van der Waals surface area contributed by atoms with Crippen molar-refractivity contribution < 1.29 is 9.53 Å². The number of rotatable bonds is 2. The zero-order valence-electron chi connectivity index (χ0n) is 12.8. The van der Waals surface area contributed by atoms with Gasteiger partial charge < -0.3 is 15.4 Å². The number of anilines is 1. The van der Waals surface area contributed by atoms with E-state index < -0.39 is 0 Å². The molecule has 3 atom stereocenters. The Kier molecular flexibility index (Phi) is 2.84. The highest BCUT2D eigenvalue weighted by molar-refractivity contribution is 7.22. The van der Waals surface area contributed by atoms with Crippen LogP contribution < -0.4 is 20.3 Å². The SMILES string of the molecule is CN[C@H]1CC[C@@H]2NC(=O)N(c3nc4c5c(ccc4s3)OCC5)[C@H]12. The molecule has 120 valence electrons. The molecule has 2 aliphatic heterocycles. The molecule has 6 nitrogen and oxygen atoms in total. The summed E-state index contributed by atoms with van der Waals surface area (Å²) in [7, 11) is 1.97. The van der Waals surface area contributed by atoms with Crippen LogP contribution in [-0.2, 0) is 6.42 Å². The minimum atomic E-state index is -0.0214. The molecule has 1 saturated carbocycles. The molecule has 23 heavy (non-hydrogen) atoms. The van der Waals surface area contributed by atoms with Crippen molar-refractivity contribution in [2.75, 3.05) is 18.6 Å². The molecule has 2 aromatic rings. The summed E-state index contributed by atoms with van der Waals surface area (Å²) in [6, 6.07) is 4.74. The van der Waals surface area contributed by atoms with E-state index in [2.05, 4.69) is 16.7 Å². The van der Waals surface area contributed by atoms with Gasteiger partial charge in [0, 0.05) is 18.0 Å². The fourth-order valence-electron chi connectivity index (χ4n) is 4.15. The predicted molar refractivity (Wildman–Crippen MR) is 89.5 cm³/mol. The lowest BCUT2D eigenvalue weighted by molar-refractivity contribution is 0.250. The third kappa shape index (κ3) is 1.83. The summed E-state index contributed by atoms with van der Waals surface area (Å²) >= 11 is 1.60. The Hall–Kier alpha value is -1.86. The van der Waals surface area contributed by atoms with Gasteiger partial charge in [-0.25, -0.2) is 9.78 Å². The van der Waals surface area contributed by atoms with Crippen LogP contribution in [0.5, 0.6) is 5.75 Å². The molecule has 3 aliphatic rings. The zero-order chi connectivity index (χ0) is 15.6. The number of hydrogen-bond donors (Lipinski definition) is 2. The number of amides is 2. The molecule has 2 N–H and O–H groups in total. The fourth-order valence-corrected chi connectivity index (χ4v) is 5.19. The van der Waals surface area contributed by atoms with E-state index in [1.807, 2.05) is 18.0 Å². The number of carbonyl (C=O) groups excluding carboxylic acids is 1. The van der Waals surface area contributed by atoms with Gasteiger partial charge in [-0.1, -0.05) is 11.3 Å². The van der Waals surface area contributed by atoms with Crippen molar-refractivity contribution in [3.05, 3.63) is 17.7 Å². The smallest absolute Gasteiger partial charge is 0.324 e. The van der Waals surface area contributed by atoms with Gasteiger partial charge in [0.2, 0.25) is 0 Å². The highest BCUT2D eigenvalue weighted by Gasteiger charge is 2.49. The molecule has 1 aliphatic carbocycles. The van der Waals surface area contributed by atoms with E-state index in [9.17, 15) is 4.79 Å². The Morgan fingerprint density at radius 3 is 3.22 bits per heavy atom. The molecule has 2 fully saturated rings. The molecule has 1 aromatic carbocycles. The molecule has 0 radical (unpaired) electrons. The van der Waals surface area contributed by atoms with Crippen LogP contribution >= 0.6 is 11.3 Å². The summed E-state index contributed by atoms with van der Waals surface area (Å²) in [5.41, 5.74) is 2.17. The number of thiazole rings is 1. The number of urea groups is 1. The number of hydrogen-bond acceptors (Lipinski definition) is 5. The maximum Gasteiger partial charge on any atom is 0.324 e. The summed E-state index contributed by atoms with van der Waals surface area (Å²) in [6.07, 6.45) is 3.00. The van der Waals surface area contributed by atoms with Crippen LogP contribution in [0.1, 0.15) is 18.4 Å². The first kappa shape index (κ1) is 13.6. The van der Waals surface area contributed by atoms with E-state index in [4.69, 9.17) is 9.72 Å². The van der Waals surface area contributed by atoms with Crippen molar-refractivity contribution in [3.8, 4) is 5.75 Å². The largest absolute Gasteiger partial charge is 0.493 e. The number of carbonyl (C=O) groups is 1. The fraction of sp³-hybridized carbons (Fsp3) is 0.500. The molecule has 0 spiro atoms. The topological polar surface area (TPSA) is 66.5 Å². The Labute approximate surface area is 137 Å². The van der Waals surface area contributed by atoms with Gasteiger partial charge in [0.15, 0.2) is 5.13 Å². The number of likely N-dealkylation sites (N-methyl/N-ethyl adjacent to an activating group) is 1. The maximum absolute atomic E-state index is 12.5. The lowest BCUT2D eigenvalue weighted by atomic mass is 10.1. The molecule has 1 aromatic heterocycles. The monoisotopic (exact) mass is 330 g/mol. The highest BCUT2D eigenvalue weighted by Crippen LogP contribution is 2.40. The first-order chi connectivity index (χ1) is 11.3. The third-order valence-corrected chi connectivity index (χ3v) is 6.26. The Bertz CT molecular complexity index is 805. The molecule has 3 heterocycles. The second-order valence-corrected chi connectivity index (χ2v) is 7.38. The van der Waals surface area contributed by atoms with Crippen molar-refractivity contribution in [1.29, 1.82) is 0 Å². The van der Waals surface area contributed by atoms with E-state index in [1.165, 1.54) is 5.56 Å². The molecule has 2 amide bonds. The third-order valence-electron chi connectivity index (χ3n) is 5.24. The number of nitrogens with zero attached hydrogens (tertiary/aromatic N) is 2. The van der Waals surface area contributed by atoms with Crippen molar-refractivity contribution in [2.45, 2.75) is 37.4 Å². The molecule has 1 saturated heterocycles. The molecule has 0 unspecified atom stereocenters. The van der Waals surface area contributed by atoms with Crippen LogP contribution in [0.2, 0.25) is 0 Å². The van der Waals surface area contributed by atoms with Gasteiger partial charge in [-0.05, 0) is 32.0 Å². The van der Waals surface area contributed by atoms with Gasteiger partial charge in [-0.15, -0.1) is 0 Å². The van der Waals surface area contributed by atoms with Gasteiger partial charge >= 0.3 is 6.03 Å². The van der Waals surface area contributed by atoms with E-state index in [0.29, 0.717) is 6.04 Å². The van der Waals surface area contributed by atoms with Gasteiger partial charge in [0.05, 0.1) is 28.9 Å². The van der Waals surface area contributed by atoms with E-state index in [0.717, 1.165) is 47.0 Å².